The van der Waals surface area contributed by atoms with Crippen LogP contribution in [0.2, 0.25) is 0 Å². The van der Waals surface area contributed by atoms with Crippen molar-refractivity contribution in [3.63, 3.8) is 0 Å². The lowest BCUT2D eigenvalue weighted by atomic mass is 9.92. The van der Waals surface area contributed by atoms with Crippen LogP contribution in [0.1, 0.15) is 43.1 Å². The fourth-order valence-corrected chi connectivity index (χ4v) is 3.54. The van der Waals surface area contributed by atoms with Gasteiger partial charge < -0.3 is 4.52 Å². The van der Waals surface area contributed by atoms with Crippen LogP contribution >= 0.6 is 0 Å². The van der Waals surface area contributed by atoms with Gasteiger partial charge in [-0.2, -0.15) is 15.1 Å². The van der Waals surface area contributed by atoms with Crippen LogP contribution in [0.5, 0.6) is 0 Å². The van der Waals surface area contributed by atoms with E-state index in [0.29, 0.717) is 23.4 Å². The Hall–Kier alpha value is -3.09. The average molecular weight is 376 g/mol. The van der Waals surface area contributed by atoms with Gasteiger partial charge in [0.15, 0.2) is 0 Å². The second-order valence-corrected chi connectivity index (χ2v) is 7.37. The lowest BCUT2D eigenvalue weighted by Crippen LogP contribution is -2.11. The van der Waals surface area contributed by atoms with Crippen LogP contribution in [0.25, 0.3) is 28.3 Å². The van der Waals surface area contributed by atoms with E-state index in [1.807, 2.05) is 17.5 Å². The number of rotatable bonds is 5. The van der Waals surface area contributed by atoms with Gasteiger partial charge in [-0.3, -0.25) is 0 Å². The molecular weight excluding hydrogens is 352 g/mol. The molecule has 1 unspecified atom stereocenters. The van der Waals surface area contributed by atoms with Gasteiger partial charge in [0.2, 0.25) is 11.7 Å². The zero-order valence-electron chi connectivity index (χ0n) is 16.9. The molecule has 0 N–H and O–H groups in total. The van der Waals surface area contributed by atoms with Gasteiger partial charge in [0, 0.05) is 18.1 Å². The molecule has 0 aliphatic heterocycles. The van der Waals surface area contributed by atoms with Gasteiger partial charge in [-0.05, 0) is 43.4 Å². The Labute approximate surface area is 163 Å². The van der Waals surface area contributed by atoms with Gasteiger partial charge in [-0.1, -0.05) is 37.6 Å². The second-order valence-electron chi connectivity index (χ2n) is 7.37. The molecular formula is C21H24N6O. The summed E-state index contributed by atoms with van der Waals surface area (Å²) in [5.41, 5.74) is 6.46. The maximum absolute atomic E-state index is 5.12. The van der Waals surface area contributed by atoms with E-state index in [4.69, 9.17) is 4.52 Å². The summed E-state index contributed by atoms with van der Waals surface area (Å²) in [5, 5.41) is 8.47. The molecule has 0 aliphatic carbocycles. The SMILES string of the molecule is CCC(C)Cc1c(-c2ccc(-c3noc(C)n3)cc2C)c(C)nc2ncnn12. The Morgan fingerprint density at radius 3 is 2.64 bits per heavy atom. The van der Waals surface area contributed by atoms with E-state index in [-0.39, 0.29) is 0 Å². The van der Waals surface area contributed by atoms with E-state index in [9.17, 15) is 0 Å². The van der Waals surface area contributed by atoms with Gasteiger partial charge in [-0.25, -0.2) is 9.50 Å². The zero-order valence-corrected chi connectivity index (χ0v) is 16.9. The Morgan fingerprint density at radius 2 is 1.96 bits per heavy atom. The second kappa shape index (κ2) is 7.14. The first-order valence-electron chi connectivity index (χ1n) is 9.58. The Kier molecular flexibility index (Phi) is 4.66. The summed E-state index contributed by atoms with van der Waals surface area (Å²) in [7, 11) is 0. The Bertz CT molecular complexity index is 1140. The molecule has 0 radical (unpaired) electrons. The molecule has 7 nitrogen and oxygen atoms in total. The smallest absolute Gasteiger partial charge is 0.252 e. The summed E-state index contributed by atoms with van der Waals surface area (Å²) in [4.78, 5) is 13.3. The zero-order chi connectivity index (χ0) is 19.8. The van der Waals surface area contributed by atoms with Crippen molar-refractivity contribution >= 4 is 5.78 Å². The highest BCUT2D eigenvalue weighted by Gasteiger charge is 2.19. The topological polar surface area (TPSA) is 82.0 Å². The van der Waals surface area contributed by atoms with Crippen LogP contribution in [0.4, 0.5) is 0 Å². The lowest BCUT2D eigenvalue weighted by Gasteiger charge is -2.18. The molecule has 0 saturated heterocycles. The third kappa shape index (κ3) is 3.17. The number of aryl methyl sites for hydroxylation is 3. The minimum absolute atomic E-state index is 0.537. The number of hydrogen-bond acceptors (Lipinski definition) is 6. The quantitative estimate of drug-likeness (QED) is 0.515. The molecule has 4 rings (SSSR count). The number of aromatic nitrogens is 6. The maximum Gasteiger partial charge on any atom is 0.252 e. The molecule has 0 aliphatic rings. The number of nitrogens with zero attached hydrogens (tertiary/aromatic N) is 6. The van der Waals surface area contributed by atoms with E-state index in [0.717, 1.165) is 46.5 Å². The normalized spacial score (nSPS) is 12.6. The van der Waals surface area contributed by atoms with Gasteiger partial charge in [0.05, 0.1) is 11.4 Å². The number of benzene rings is 1. The summed E-state index contributed by atoms with van der Waals surface area (Å²) >= 11 is 0. The molecule has 0 spiro atoms. The Balaban J connectivity index is 1.88. The van der Waals surface area contributed by atoms with Crippen molar-refractivity contribution in [3.8, 4) is 22.5 Å². The van der Waals surface area contributed by atoms with E-state index in [2.05, 4.69) is 58.1 Å². The summed E-state index contributed by atoms with van der Waals surface area (Å²) in [5.74, 6) is 2.35. The minimum atomic E-state index is 0.537. The van der Waals surface area contributed by atoms with Crippen molar-refractivity contribution in [1.29, 1.82) is 0 Å². The molecule has 0 amide bonds. The summed E-state index contributed by atoms with van der Waals surface area (Å²) < 4.78 is 7.00. The van der Waals surface area contributed by atoms with Crippen LogP contribution in [-0.4, -0.2) is 29.7 Å². The third-order valence-electron chi connectivity index (χ3n) is 5.22. The van der Waals surface area contributed by atoms with Gasteiger partial charge in [0.25, 0.3) is 5.78 Å². The summed E-state index contributed by atoms with van der Waals surface area (Å²) in [6.45, 7) is 10.4. The fourth-order valence-electron chi connectivity index (χ4n) is 3.54. The molecule has 3 aromatic heterocycles. The van der Waals surface area contributed by atoms with Crippen LogP contribution in [0.15, 0.2) is 29.0 Å². The predicted molar refractivity (Wildman–Crippen MR) is 107 cm³/mol. The average Bonchev–Trinajstić information content (AvgIpc) is 3.31. The van der Waals surface area contributed by atoms with Gasteiger partial charge >= 0.3 is 0 Å². The molecule has 1 aromatic carbocycles. The van der Waals surface area contributed by atoms with Crippen LogP contribution in [0, 0.1) is 26.7 Å². The standard InChI is InChI=1S/C21H24N6O/c1-6-12(2)9-18-19(14(4)24-21-22-11-23-27(18)21)17-8-7-16(10-13(17)3)20-25-15(5)28-26-20/h7-8,10-12H,6,9H2,1-5H3. The van der Waals surface area contributed by atoms with E-state index in [1.54, 1.807) is 13.3 Å². The van der Waals surface area contributed by atoms with Crippen molar-refractivity contribution in [3.05, 3.63) is 47.4 Å². The van der Waals surface area contributed by atoms with E-state index >= 15 is 0 Å². The molecule has 0 fully saturated rings. The van der Waals surface area contributed by atoms with Crippen molar-refractivity contribution in [2.45, 2.75) is 47.5 Å². The molecule has 1 atom stereocenters. The van der Waals surface area contributed by atoms with Gasteiger partial charge in [0.1, 0.15) is 6.33 Å². The lowest BCUT2D eigenvalue weighted by molar-refractivity contribution is 0.394. The largest absolute Gasteiger partial charge is 0.339 e. The molecule has 0 saturated carbocycles. The monoisotopic (exact) mass is 376 g/mol. The van der Waals surface area contributed by atoms with Crippen LogP contribution in [0.3, 0.4) is 0 Å². The van der Waals surface area contributed by atoms with Crippen molar-refractivity contribution in [1.82, 2.24) is 29.7 Å². The van der Waals surface area contributed by atoms with E-state index in [1.165, 1.54) is 0 Å². The van der Waals surface area contributed by atoms with Crippen molar-refractivity contribution in [2.75, 3.05) is 0 Å². The predicted octanol–water partition coefficient (Wildman–Crippen LogP) is 4.36. The molecule has 0 bridgehead atoms. The molecule has 4 aromatic rings. The van der Waals surface area contributed by atoms with Gasteiger partial charge in [-0.15, -0.1) is 0 Å². The molecule has 7 heteroatoms. The number of hydrogen-bond donors (Lipinski definition) is 0. The highest BCUT2D eigenvalue weighted by Crippen LogP contribution is 2.33. The highest BCUT2D eigenvalue weighted by molar-refractivity contribution is 5.75. The minimum Gasteiger partial charge on any atom is -0.339 e. The summed E-state index contributed by atoms with van der Waals surface area (Å²) in [6.07, 6.45) is 3.59. The first-order chi connectivity index (χ1) is 13.5. The summed E-state index contributed by atoms with van der Waals surface area (Å²) in [6, 6.07) is 6.24. The van der Waals surface area contributed by atoms with Crippen molar-refractivity contribution in [2.24, 2.45) is 5.92 Å². The first-order valence-corrected chi connectivity index (χ1v) is 9.58. The molecule has 3 heterocycles. The maximum atomic E-state index is 5.12. The van der Waals surface area contributed by atoms with E-state index < -0.39 is 0 Å². The molecule has 28 heavy (non-hydrogen) atoms. The molecule has 144 valence electrons. The fraction of sp³-hybridized carbons (Fsp3) is 0.381. The first kappa shape index (κ1) is 18.3. The highest BCUT2D eigenvalue weighted by atomic mass is 16.5. The van der Waals surface area contributed by atoms with Crippen LogP contribution in [-0.2, 0) is 6.42 Å². The van der Waals surface area contributed by atoms with Crippen LogP contribution < -0.4 is 0 Å². The van der Waals surface area contributed by atoms with Crippen molar-refractivity contribution < 1.29 is 4.52 Å². The Morgan fingerprint density at radius 1 is 1.14 bits per heavy atom. The number of fused-ring (bicyclic) bond motifs is 1. The third-order valence-corrected chi connectivity index (χ3v) is 5.22.